The number of aromatic nitrogens is 2. The van der Waals surface area contributed by atoms with Crippen LogP contribution in [0.4, 0.5) is 0 Å². The van der Waals surface area contributed by atoms with Crippen LogP contribution < -0.4 is 5.32 Å². The van der Waals surface area contributed by atoms with Crippen LogP contribution in [0.1, 0.15) is 43.5 Å². The van der Waals surface area contributed by atoms with Crippen LogP contribution >= 0.6 is 0 Å². The summed E-state index contributed by atoms with van der Waals surface area (Å²) in [4.78, 5) is 4.77. The van der Waals surface area contributed by atoms with Gasteiger partial charge in [0.2, 0.25) is 0 Å². The van der Waals surface area contributed by atoms with Crippen molar-refractivity contribution >= 4 is 11.8 Å². The minimum atomic E-state index is 0.423. The monoisotopic (exact) mass is 296 g/mol. The number of nitrogens with one attached hydrogen (secondary N) is 2. The first-order valence-electron chi connectivity index (χ1n) is 8.49. The van der Waals surface area contributed by atoms with Crippen LogP contribution in [0.3, 0.4) is 0 Å². The van der Waals surface area contributed by atoms with Crippen molar-refractivity contribution in [2.75, 3.05) is 13.1 Å². The molecule has 3 atom stereocenters. The van der Waals surface area contributed by atoms with Gasteiger partial charge < -0.3 is 5.32 Å². The second-order valence-corrected chi connectivity index (χ2v) is 6.88. The number of H-pyrrole nitrogens is 1. The van der Waals surface area contributed by atoms with Crippen molar-refractivity contribution < 1.29 is 0 Å². The summed E-state index contributed by atoms with van der Waals surface area (Å²) in [6.07, 6.45) is 12.5. The molecule has 0 bridgehead atoms. The predicted molar refractivity (Wildman–Crippen MR) is 90.1 cm³/mol. The van der Waals surface area contributed by atoms with Crippen LogP contribution in [0, 0.1) is 11.8 Å². The third kappa shape index (κ3) is 2.68. The van der Waals surface area contributed by atoms with E-state index < -0.39 is 0 Å². The lowest BCUT2D eigenvalue weighted by atomic mass is 9.82. The topological polar surface area (TPSA) is 53.1 Å². The molecule has 3 heterocycles. The first-order chi connectivity index (χ1) is 10.8. The van der Waals surface area contributed by atoms with Gasteiger partial charge in [-0.05, 0) is 44.3 Å². The fraction of sp³-hybridized carbons (Fsp3) is 0.556. The largest absolute Gasteiger partial charge is 0.317 e. The van der Waals surface area contributed by atoms with Gasteiger partial charge in [-0.15, -0.1) is 0 Å². The standard InChI is InChI=1S/C18H24N4/c1-12-2-3-14-9-15(11-20-16(14)8-12)18-10-17(21-22-18)13-4-6-19-7-5-13/h2-3,9-14,16,19H,4-8H2,1H3,(H,21,22). The van der Waals surface area contributed by atoms with Gasteiger partial charge in [-0.2, -0.15) is 5.10 Å². The molecule has 2 N–H and O–H groups in total. The molecule has 4 nitrogen and oxygen atoms in total. The lowest BCUT2D eigenvalue weighted by Gasteiger charge is -2.28. The summed E-state index contributed by atoms with van der Waals surface area (Å²) in [5, 5.41) is 11.2. The van der Waals surface area contributed by atoms with E-state index in [-0.39, 0.29) is 0 Å². The van der Waals surface area contributed by atoms with Crippen molar-refractivity contribution in [1.82, 2.24) is 15.5 Å². The van der Waals surface area contributed by atoms with E-state index in [0.717, 1.165) is 30.8 Å². The van der Waals surface area contributed by atoms with E-state index in [2.05, 4.69) is 46.7 Å². The van der Waals surface area contributed by atoms with Crippen LogP contribution in [-0.4, -0.2) is 35.5 Å². The van der Waals surface area contributed by atoms with Crippen molar-refractivity contribution in [3.8, 4) is 0 Å². The van der Waals surface area contributed by atoms with Crippen LogP contribution in [0.25, 0.3) is 5.57 Å². The van der Waals surface area contributed by atoms with E-state index in [1.54, 1.807) is 0 Å². The molecule has 0 radical (unpaired) electrons. The SMILES string of the molecule is CC1C=CC2C=C(c3cc(C4CCNCC4)[nH]n3)C=NC2C1. The molecule has 0 spiro atoms. The van der Waals surface area contributed by atoms with E-state index in [0.29, 0.717) is 23.8 Å². The zero-order valence-corrected chi connectivity index (χ0v) is 13.1. The van der Waals surface area contributed by atoms with Gasteiger partial charge in [0.05, 0.1) is 11.7 Å². The minimum absolute atomic E-state index is 0.423. The fourth-order valence-electron chi connectivity index (χ4n) is 3.79. The quantitative estimate of drug-likeness (QED) is 0.825. The van der Waals surface area contributed by atoms with Crippen LogP contribution in [0.15, 0.2) is 29.3 Å². The number of aliphatic imine (C=N–C) groups is 1. The second kappa shape index (κ2) is 5.84. The second-order valence-electron chi connectivity index (χ2n) is 6.88. The summed E-state index contributed by atoms with van der Waals surface area (Å²) in [5.41, 5.74) is 3.49. The van der Waals surface area contributed by atoms with Gasteiger partial charge in [0, 0.05) is 29.3 Å². The Morgan fingerprint density at radius 1 is 1.18 bits per heavy atom. The molecule has 22 heavy (non-hydrogen) atoms. The van der Waals surface area contributed by atoms with Crippen LogP contribution in [-0.2, 0) is 0 Å². The number of hydrogen-bond acceptors (Lipinski definition) is 3. The third-order valence-electron chi connectivity index (χ3n) is 5.17. The summed E-state index contributed by atoms with van der Waals surface area (Å²) in [7, 11) is 0. The van der Waals surface area contributed by atoms with Crippen LogP contribution in [0.5, 0.6) is 0 Å². The van der Waals surface area contributed by atoms with Crippen molar-refractivity contribution in [2.24, 2.45) is 16.8 Å². The Bertz CT molecular complexity index is 619. The molecular formula is C18H24N4. The highest BCUT2D eigenvalue weighted by molar-refractivity contribution is 6.09. The highest BCUT2D eigenvalue weighted by atomic mass is 15.1. The van der Waals surface area contributed by atoms with Crippen LogP contribution in [0.2, 0.25) is 0 Å². The number of piperidine rings is 1. The van der Waals surface area contributed by atoms with Gasteiger partial charge in [-0.3, -0.25) is 10.1 Å². The lowest BCUT2D eigenvalue weighted by Crippen LogP contribution is -2.26. The first kappa shape index (κ1) is 13.9. The molecule has 3 unspecified atom stereocenters. The Balaban J connectivity index is 1.54. The van der Waals surface area contributed by atoms with Gasteiger partial charge in [0.25, 0.3) is 0 Å². The molecule has 4 heteroatoms. The molecule has 1 saturated heterocycles. The molecule has 116 valence electrons. The van der Waals surface area contributed by atoms with Gasteiger partial charge in [0.1, 0.15) is 0 Å². The highest BCUT2D eigenvalue weighted by Gasteiger charge is 2.26. The summed E-state index contributed by atoms with van der Waals surface area (Å²) in [5.74, 6) is 1.70. The Morgan fingerprint density at radius 2 is 2.05 bits per heavy atom. The molecule has 1 aliphatic carbocycles. The number of rotatable bonds is 2. The Labute approximate surface area is 131 Å². The molecule has 0 saturated carbocycles. The maximum Gasteiger partial charge on any atom is 0.0935 e. The average molecular weight is 296 g/mol. The zero-order chi connectivity index (χ0) is 14.9. The molecule has 4 rings (SSSR count). The van der Waals surface area contributed by atoms with Crippen molar-refractivity contribution in [2.45, 2.75) is 38.1 Å². The summed E-state index contributed by atoms with van der Waals surface area (Å²) < 4.78 is 0. The Hall–Kier alpha value is -1.68. The maximum atomic E-state index is 4.77. The molecule has 1 fully saturated rings. The zero-order valence-electron chi connectivity index (χ0n) is 13.1. The lowest BCUT2D eigenvalue weighted by molar-refractivity contribution is 0.453. The summed E-state index contributed by atoms with van der Waals surface area (Å²) >= 11 is 0. The Kier molecular flexibility index (Phi) is 3.70. The van der Waals surface area contributed by atoms with Crippen molar-refractivity contribution in [3.63, 3.8) is 0 Å². The number of aromatic amines is 1. The number of hydrogen-bond donors (Lipinski definition) is 2. The Morgan fingerprint density at radius 3 is 2.91 bits per heavy atom. The van der Waals surface area contributed by atoms with Crippen molar-refractivity contribution in [3.05, 3.63) is 35.7 Å². The third-order valence-corrected chi connectivity index (χ3v) is 5.17. The van der Waals surface area contributed by atoms with Gasteiger partial charge >= 0.3 is 0 Å². The van der Waals surface area contributed by atoms with Crippen molar-refractivity contribution in [1.29, 1.82) is 0 Å². The molecule has 0 amide bonds. The molecular weight excluding hydrogens is 272 g/mol. The van der Waals surface area contributed by atoms with E-state index >= 15 is 0 Å². The fourth-order valence-corrected chi connectivity index (χ4v) is 3.79. The van der Waals surface area contributed by atoms with E-state index in [4.69, 9.17) is 4.99 Å². The highest BCUT2D eigenvalue weighted by Crippen LogP contribution is 2.32. The number of dihydropyridines is 1. The minimum Gasteiger partial charge on any atom is -0.317 e. The first-order valence-corrected chi connectivity index (χ1v) is 8.49. The molecule has 0 aromatic carbocycles. The van der Waals surface area contributed by atoms with Gasteiger partial charge in [-0.1, -0.05) is 25.2 Å². The molecule has 3 aliphatic rings. The van der Waals surface area contributed by atoms with Gasteiger partial charge in [0.15, 0.2) is 0 Å². The maximum absolute atomic E-state index is 4.77. The van der Waals surface area contributed by atoms with E-state index in [1.807, 2.05) is 6.21 Å². The molecule has 2 aliphatic heterocycles. The number of allylic oxidation sites excluding steroid dienone is 2. The predicted octanol–water partition coefficient (Wildman–Crippen LogP) is 2.93. The number of fused-ring (bicyclic) bond motifs is 1. The molecule has 1 aromatic rings. The summed E-state index contributed by atoms with van der Waals surface area (Å²) in [6, 6.07) is 2.65. The van der Waals surface area contributed by atoms with E-state index in [1.165, 1.54) is 18.5 Å². The van der Waals surface area contributed by atoms with Gasteiger partial charge in [-0.25, -0.2) is 0 Å². The smallest absolute Gasteiger partial charge is 0.0935 e. The molecule has 1 aromatic heterocycles. The van der Waals surface area contributed by atoms with E-state index in [9.17, 15) is 0 Å². The normalized spacial score (nSPS) is 31.9. The number of nitrogens with zero attached hydrogens (tertiary/aromatic N) is 2. The average Bonchev–Trinajstić information content (AvgIpc) is 3.05. The summed E-state index contributed by atoms with van der Waals surface area (Å²) in [6.45, 7) is 4.48.